The normalized spacial score (nSPS) is 8.22. The summed E-state index contributed by atoms with van der Waals surface area (Å²) in [4.78, 5) is 3.72. The number of pyridine rings is 1. The van der Waals surface area contributed by atoms with Gasteiger partial charge in [0.1, 0.15) is 0 Å². The van der Waals surface area contributed by atoms with Crippen LogP contribution < -0.4 is 0 Å². The smallest absolute Gasteiger partial charge is 0.0604 e. The topological polar surface area (TPSA) is 12.9 Å². The van der Waals surface area contributed by atoms with Gasteiger partial charge in [-0.25, -0.2) is 0 Å². The van der Waals surface area contributed by atoms with E-state index in [2.05, 4.69) is 4.98 Å². The zero-order chi connectivity index (χ0) is 5.98. The number of hydrogen-bond acceptors (Lipinski definition) is 1. The Morgan fingerprint density at radius 3 is 1.78 bits per heavy atom. The molecule has 0 saturated carbocycles. The Kier molecular flexibility index (Phi) is 3.95. The van der Waals surface area contributed by atoms with E-state index < -0.39 is 0 Å². The second kappa shape index (κ2) is 3.94. The first-order valence-electron chi connectivity index (χ1n) is 2.05. The zero-order valence-electron chi connectivity index (χ0n) is 4.34. The molecule has 0 aromatic carbocycles. The molecule has 0 N–H and O–H groups in total. The molecule has 0 bridgehead atoms. The number of nitrogens with zero attached hydrogens (tertiary/aromatic N) is 1. The summed E-state index contributed by atoms with van der Waals surface area (Å²) in [5, 5.41) is 1.13. The van der Waals surface area contributed by atoms with Gasteiger partial charge >= 0.3 is 0 Å². The van der Waals surface area contributed by atoms with Gasteiger partial charge in [-0.1, -0.05) is 23.2 Å². The van der Waals surface area contributed by atoms with Crippen LogP contribution in [0.15, 0.2) is 18.5 Å². The van der Waals surface area contributed by atoms with Crippen molar-refractivity contribution in [1.82, 2.24) is 4.98 Å². The van der Waals surface area contributed by atoms with Crippen LogP contribution in [0.2, 0.25) is 10.0 Å². The van der Waals surface area contributed by atoms with E-state index in [1.807, 2.05) is 0 Å². The molecule has 1 aromatic heterocycles. The van der Waals surface area contributed by atoms with E-state index >= 15 is 0 Å². The predicted molar refractivity (Wildman–Crippen MR) is 41.5 cm³/mol. The summed E-state index contributed by atoms with van der Waals surface area (Å²) >= 11 is 11.0. The standard InChI is InChI=1S/C5H3Cl2N.ClH/c6-4-1-5(7)3-8-2-4;/h1-3H;1H. The first-order chi connectivity index (χ1) is 3.79. The van der Waals surface area contributed by atoms with Crippen LogP contribution in [-0.4, -0.2) is 4.98 Å². The maximum atomic E-state index is 5.50. The molecule has 0 aliphatic carbocycles. The van der Waals surface area contributed by atoms with Gasteiger partial charge in [0, 0.05) is 12.4 Å². The molecule has 9 heavy (non-hydrogen) atoms. The van der Waals surface area contributed by atoms with E-state index in [4.69, 9.17) is 23.2 Å². The lowest BCUT2D eigenvalue weighted by Gasteiger charge is -1.85. The highest BCUT2D eigenvalue weighted by molar-refractivity contribution is 6.34. The Balaban J connectivity index is 0.000000640. The van der Waals surface area contributed by atoms with Crippen molar-refractivity contribution in [2.24, 2.45) is 0 Å². The molecule has 50 valence electrons. The van der Waals surface area contributed by atoms with Crippen LogP contribution in [0.3, 0.4) is 0 Å². The fourth-order valence-electron chi connectivity index (χ4n) is 0.386. The molecule has 0 radical (unpaired) electrons. The van der Waals surface area contributed by atoms with E-state index in [0.717, 1.165) is 0 Å². The molecule has 1 rings (SSSR count). The van der Waals surface area contributed by atoms with E-state index in [1.54, 1.807) is 6.07 Å². The van der Waals surface area contributed by atoms with Crippen LogP contribution in [0.25, 0.3) is 0 Å². The second-order valence-electron chi connectivity index (χ2n) is 1.32. The minimum Gasteiger partial charge on any atom is -0.262 e. The highest BCUT2D eigenvalue weighted by atomic mass is 35.5. The van der Waals surface area contributed by atoms with E-state index in [1.165, 1.54) is 12.4 Å². The number of hydrogen-bond donors (Lipinski definition) is 0. The summed E-state index contributed by atoms with van der Waals surface area (Å²) in [5.41, 5.74) is 0. The summed E-state index contributed by atoms with van der Waals surface area (Å²) in [6.07, 6.45) is 3.07. The molecule has 0 atom stereocenters. The lowest BCUT2D eigenvalue weighted by molar-refractivity contribution is 1.33. The molecule has 0 aliphatic heterocycles. The summed E-state index contributed by atoms with van der Waals surface area (Å²) in [6.45, 7) is 0. The average Bonchev–Trinajstić information content (AvgIpc) is 1.64. The monoisotopic (exact) mass is 183 g/mol. The SMILES string of the molecule is Cl.Clc1cncc(Cl)c1. The van der Waals surface area contributed by atoms with Gasteiger partial charge in [-0.3, -0.25) is 4.98 Å². The van der Waals surface area contributed by atoms with Gasteiger partial charge in [0.15, 0.2) is 0 Å². The molecule has 1 nitrogen and oxygen atoms in total. The molecule has 1 heterocycles. The Hall–Kier alpha value is 0.0200. The summed E-state index contributed by atoms with van der Waals surface area (Å²) in [6, 6.07) is 1.64. The first-order valence-corrected chi connectivity index (χ1v) is 2.80. The van der Waals surface area contributed by atoms with Crippen LogP contribution in [0.1, 0.15) is 0 Å². The van der Waals surface area contributed by atoms with Crippen molar-refractivity contribution in [3.63, 3.8) is 0 Å². The maximum Gasteiger partial charge on any atom is 0.0604 e. The second-order valence-corrected chi connectivity index (χ2v) is 2.19. The third kappa shape index (κ3) is 2.89. The lowest BCUT2D eigenvalue weighted by Crippen LogP contribution is -1.68. The molecule has 1 aromatic rings. The fraction of sp³-hybridized carbons (Fsp3) is 0. The summed E-state index contributed by atoms with van der Waals surface area (Å²) in [5.74, 6) is 0. The van der Waals surface area contributed by atoms with Crippen molar-refractivity contribution in [3.8, 4) is 0 Å². The molecule has 4 heteroatoms. The Morgan fingerprint density at radius 1 is 1.11 bits per heavy atom. The Bertz CT molecular complexity index is 172. The number of aromatic nitrogens is 1. The van der Waals surface area contributed by atoms with Crippen LogP contribution in [0, 0.1) is 0 Å². The van der Waals surface area contributed by atoms with Crippen LogP contribution in [-0.2, 0) is 0 Å². The van der Waals surface area contributed by atoms with Gasteiger partial charge in [0.05, 0.1) is 10.0 Å². The van der Waals surface area contributed by atoms with Gasteiger partial charge in [-0.15, -0.1) is 12.4 Å². The molecule has 0 fully saturated rings. The van der Waals surface area contributed by atoms with Crippen molar-refractivity contribution >= 4 is 35.6 Å². The molecule has 0 aliphatic rings. The minimum atomic E-state index is 0. The van der Waals surface area contributed by atoms with Gasteiger partial charge in [-0.05, 0) is 6.07 Å². The third-order valence-corrected chi connectivity index (χ3v) is 1.08. The van der Waals surface area contributed by atoms with Crippen molar-refractivity contribution in [1.29, 1.82) is 0 Å². The highest BCUT2D eigenvalue weighted by Crippen LogP contribution is 2.11. The Labute approximate surface area is 69.4 Å². The zero-order valence-corrected chi connectivity index (χ0v) is 6.67. The maximum absolute atomic E-state index is 5.50. The molecule has 0 saturated heterocycles. The van der Waals surface area contributed by atoms with Gasteiger partial charge in [0.25, 0.3) is 0 Å². The van der Waals surface area contributed by atoms with Crippen LogP contribution in [0.5, 0.6) is 0 Å². The average molecular weight is 184 g/mol. The first kappa shape index (κ1) is 9.02. The summed E-state index contributed by atoms with van der Waals surface area (Å²) in [7, 11) is 0. The summed E-state index contributed by atoms with van der Waals surface area (Å²) < 4.78 is 0. The molecular formula is C5H4Cl3N. The number of halogens is 3. The number of rotatable bonds is 0. The lowest BCUT2D eigenvalue weighted by atomic mass is 10.5. The van der Waals surface area contributed by atoms with Gasteiger partial charge in [0.2, 0.25) is 0 Å². The Morgan fingerprint density at radius 2 is 1.56 bits per heavy atom. The van der Waals surface area contributed by atoms with E-state index in [0.29, 0.717) is 10.0 Å². The fourth-order valence-corrected chi connectivity index (χ4v) is 0.790. The molecule has 0 amide bonds. The molecule has 0 unspecified atom stereocenters. The van der Waals surface area contributed by atoms with Crippen molar-refractivity contribution in [2.75, 3.05) is 0 Å². The van der Waals surface area contributed by atoms with Crippen molar-refractivity contribution in [2.45, 2.75) is 0 Å². The minimum absolute atomic E-state index is 0. The van der Waals surface area contributed by atoms with Gasteiger partial charge < -0.3 is 0 Å². The predicted octanol–water partition coefficient (Wildman–Crippen LogP) is 2.81. The van der Waals surface area contributed by atoms with Crippen molar-refractivity contribution < 1.29 is 0 Å². The third-order valence-electron chi connectivity index (χ3n) is 0.672. The highest BCUT2D eigenvalue weighted by Gasteiger charge is 1.86. The molecule has 0 spiro atoms. The van der Waals surface area contributed by atoms with Crippen LogP contribution >= 0.6 is 35.6 Å². The van der Waals surface area contributed by atoms with Crippen molar-refractivity contribution in [3.05, 3.63) is 28.5 Å². The van der Waals surface area contributed by atoms with E-state index in [9.17, 15) is 0 Å². The van der Waals surface area contributed by atoms with Gasteiger partial charge in [-0.2, -0.15) is 0 Å². The van der Waals surface area contributed by atoms with E-state index in [-0.39, 0.29) is 12.4 Å². The quantitative estimate of drug-likeness (QED) is 0.604. The molecular weight excluding hydrogens is 180 g/mol. The van der Waals surface area contributed by atoms with Crippen LogP contribution in [0.4, 0.5) is 0 Å². The largest absolute Gasteiger partial charge is 0.262 e.